The van der Waals surface area contributed by atoms with E-state index in [0.717, 1.165) is 12.1 Å². The minimum absolute atomic E-state index is 0.126. The Kier molecular flexibility index (Phi) is 6.92. The lowest BCUT2D eigenvalue weighted by molar-refractivity contribution is -0.137. The third-order valence-electron chi connectivity index (χ3n) is 5.09. The summed E-state index contributed by atoms with van der Waals surface area (Å²) in [7, 11) is 0. The Balaban J connectivity index is 1.59. The number of halogens is 4. The molecule has 3 aromatic rings. The lowest BCUT2D eigenvalue weighted by Crippen LogP contribution is -2.37. The fraction of sp³-hybridized carbons (Fsp3) is 0.261. The molecule has 0 amide bonds. The monoisotopic (exact) mass is 492 g/mol. The number of hydroxylamine groups is 1. The number of benzene rings is 2. The third-order valence-corrected chi connectivity index (χ3v) is 6.28. The van der Waals surface area contributed by atoms with Gasteiger partial charge in [0.2, 0.25) is 0 Å². The Bertz CT molecular complexity index is 1190. The average Bonchev–Trinajstić information content (AvgIpc) is 2.77. The van der Waals surface area contributed by atoms with E-state index in [2.05, 4.69) is 47.7 Å². The Hall–Kier alpha value is -2.62. The fourth-order valence-corrected chi connectivity index (χ4v) is 4.43. The molecule has 2 heterocycles. The maximum absolute atomic E-state index is 12.9. The van der Waals surface area contributed by atoms with E-state index in [9.17, 15) is 13.2 Å². The summed E-state index contributed by atoms with van der Waals surface area (Å²) in [5, 5.41) is 8.64. The number of hydrogen-bond acceptors (Lipinski definition) is 6. The van der Waals surface area contributed by atoms with Gasteiger partial charge in [-0.05, 0) is 61.7 Å². The summed E-state index contributed by atoms with van der Waals surface area (Å²) >= 11 is 7.25. The zero-order chi connectivity index (χ0) is 23.6. The first kappa shape index (κ1) is 23.5. The second kappa shape index (κ2) is 9.70. The van der Waals surface area contributed by atoms with Crippen molar-refractivity contribution in [2.75, 3.05) is 6.61 Å². The topological polar surface area (TPSA) is 59.4 Å². The molecule has 0 saturated heterocycles. The Morgan fingerprint density at radius 3 is 2.55 bits per heavy atom. The molecule has 172 valence electrons. The predicted octanol–water partition coefficient (Wildman–Crippen LogP) is 5.81. The van der Waals surface area contributed by atoms with Crippen LogP contribution in [-0.4, -0.2) is 28.7 Å². The van der Waals surface area contributed by atoms with Crippen LogP contribution in [0, 0.1) is 13.8 Å². The van der Waals surface area contributed by atoms with Crippen molar-refractivity contribution < 1.29 is 18.0 Å². The van der Waals surface area contributed by atoms with Crippen molar-refractivity contribution in [3.05, 3.63) is 81.5 Å². The van der Waals surface area contributed by atoms with Crippen LogP contribution in [0.4, 0.5) is 13.2 Å². The molecule has 0 saturated carbocycles. The standard InChI is InChI=1S/C23H20ClF3N4OS/c1-13-3-4-15(14(2)9-13)10-17-12-32-31-21(28-17)19-11-20(24)29-30-22(19)33-18-7-5-16(6-8-18)23(25,26)27/h3-9,11,17H,10,12H2,1-2H3,(H,28,31)/t17-/m1/s1. The van der Waals surface area contributed by atoms with Crippen LogP contribution in [-0.2, 0) is 17.4 Å². The third kappa shape index (κ3) is 5.85. The van der Waals surface area contributed by atoms with Gasteiger partial charge in [0.25, 0.3) is 0 Å². The first-order chi connectivity index (χ1) is 15.7. The lowest BCUT2D eigenvalue weighted by Gasteiger charge is -2.23. The SMILES string of the molecule is Cc1ccc(C[C@@H]2CONC(c3cc(Cl)nnc3Sc3ccc(C(F)(F)F)cc3)=N2)c(C)c1. The minimum atomic E-state index is -4.39. The molecule has 5 nitrogen and oxygen atoms in total. The molecule has 0 unspecified atom stereocenters. The van der Waals surface area contributed by atoms with Crippen LogP contribution >= 0.6 is 23.4 Å². The van der Waals surface area contributed by atoms with E-state index in [-0.39, 0.29) is 11.2 Å². The Morgan fingerprint density at radius 2 is 1.85 bits per heavy atom. The van der Waals surface area contributed by atoms with Crippen LogP contribution in [0.3, 0.4) is 0 Å². The maximum atomic E-state index is 12.9. The number of hydrogen-bond donors (Lipinski definition) is 1. The average molecular weight is 493 g/mol. The van der Waals surface area contributed by atoms with Crippen LogP contribution < -0.4 is 5.48 Å². The fourth-order valence-electron chi connectivity index (χ4n) is 3.44. The van der Waals surface area contributed by atoms with Crippen molar-refractivity contribution in [3.63, 3.8) is 0 Å². The van der Waals surface area contributed by atoms with Gasteiger partial charge < -0.3 is 0 Å². The summed E-state index contributed by atoms with van der Waals surface area (Å²) in [5.41, 5.74) is 6.24. The summed E-state index contributed by atoms with van der Waals surface area (Å²) in [6, 6.07) is 12.6. The van der Waals surface area contributed by atoms with Crippen molar-refractivity contribution in [1.29, 1.82) is 0 Å². The molecule has 33 heavy (non-hydrogen) atoms. The van der Waals surface area contributed by atoms with E-state index in [1.807, 2.05) is 0 Å². The second-order valence-electron chi connectivity index (χ2n) is 7.69. The van der Waals surface area contributed by atoms with E-state index >= 15 is 0 Å². The minimum Gasteiger partial charge on any atom is -0.272 e. The Labute approximate surface area is 198 Å². The molecule has 2 aromatic carbocycles. The van der Waals surface area contributed by atoms with Crippen molar-refractivity contribution >= 4 is 29.2 Å². The van der Waals surface area contributed by atoms with E-state index in [1.165, 1.54) is 40.6 Å². The summed E-state index contributed by atoms with van der Waals surface area (Å²) in [5.74, 6) is 0.447. The van der Waals surface area contributed by atoms with E-state index in [0.29, 0.717) is 34.3 Å². The van der Waals surface area contributed by atoms with Gasteiger partial charge >= 0.3 is 6.18 Å². The van der Waals surface area contributed by atoms with Crippen LogP contribution in [0.5, 0.6) is 0 Å². The van der Waals surface area contributed by atoms with Crippen LogP contribution in [0.25, 0.3) is 0 Å². The number of aliphatic imine (C=N–C) groups is 1. The molecule has 0 fully saturated rings. The van der Waals surface area contributed by atoms with Crippen LogP contribution in [0.2, 0.25) is 5.15 Å². The van der Waals surface area contributed by atoms with Gasteiger partial charge in [-0.25, -0.2) is 5.48 Å². The predicted molar refractivity (Wildman–Crippen MR) is 122 cm³/mol. The zero-order valence-electron chi connectivity index (χ0n) is 17.8. The highest BCUT2D eigenvalue weighted by Gasteiger charge is 2.30. The Morgan fingerprint density at radius 1 is 1.09 bits per heavy atom. The first-order valence-corrected chi connectivity index (χ1v) is 11.3. The highest BCUT2D eigenvalue weighted by Crippen LogP contribution is 2.34. The molecule has 1 atom stereocenters. The zero-order valence-corrected chi connectivity index (χ0v) is 19.4. The molecule has 1 N–H and O–H groups in total. The number of aromatic nitrogens is 2. The van der Waals surface area contributed by atoms with Crippen LogP contribution in [0.15, 0.2) is 63.4 Å². The smallest absolute Gasteiger partial charge is 0.272 e. The number of alkyl halides is 3. The number of nitrogens with zero attached hydrogens (tertiary/aromatic N) is 3. The normalized spacial score (nSPS) is 16.3. The van der Waals surface area contributed by atoms with Crippen molar-refractivity contribution in [3.8, 4) is 0 Å². The molecule has 10 heteroatoms. The lowest BCUT2D eigenvalue weighted by atomic mass is 9.99. The molecule has 1 aromatic heterocycles. The van der Waals surface area contributed by atoms with Gasteiger partial charge in [-0.3, -0.25) is 9.83 Å². The molecule has 4 rings (SSSR count). The molecular formula is C23H20ClF3N4OS. The molecule has 0 aliphatic carbocycles. The number of aryl methyl sites for hydroxylation is 2. The summed E-state index contributed by atoms with van der Waals surface area (Å²) in [4.78, 5) is 10.9. The quantitative estimate of drug-likeness (QED) is 0.487. The van der Waals surface area contributed by atoms with Gasteiger partial charge in [0, 0.05) is 4.90 Å². The number of nitrogens with one attached hydrogen (secondary N) is 1. The van der Waals surface area contributed by atoms with Gasteiger partial charge in [0.1, 0.15) is 5.03 Å². The number of amidine groups is 1. The van der Waals surface area contributed by atoms with E-state index in [4.69, 9.17) is 21.4 Å². The van der Waals surface area contributed by atoms with Gasteiger partial charge in [-0.2, -0.15) is 13.2 Å². The largest absolute Gasteiger partial charge is 0.416 e. The van der Waals surface area contributed by atoms with Crippen molar-refractivity contribution in [2.45, 2.75) is 42.4 Å². The maximum Gasteiger partial charge on any atom is 0.416 e. The summed E-state index contributed by atoms with van der Waals surface area (Å²) in [6.45, 7) is 4.52. The highest BCUT2D eigenvalue weighted by molar-refractivity contribution is 7.99. The van der Waals surface area contributed by atoms with Crippen molar-refractivity contribution in [2.24, 2.45) is 4.99 Å². The molecule has 0 radical (unpaired) electrons. The van der Waals surface area contributed by atoms with Crippen LogP contribution in [0.1, 0.15) is 27.8 Å². The van der Waals surface area contributed by atoms with Gasteiger partial charge in [0.15, 0.2) is 11.0 Å². The molecule has 0 bridgehead atoms. The second-order valence-corrected chi connectivity index (χ2v) is 9.14. The van der Waals surface area contributed by atoms with E-state index < -0.39 is 11.7 Å². The molecular weight excluding hydrogens is 473 g/mol. The van der Waals surface area contributed by atoms with Gasteiger partial charge in [0.05, 0.1) is 23.8 Å². The number of rotatable bonds is 5. The van der Waals surface area contributed by atoms with Gasteiger partial charge in [-0.1, -0.05) is 47.1 Å². The highest BCUT2D eigenvalue weighted by atomic mass is 35.5. The molecule has 1 aliphatic rings. The van der Waals surface area contributed by atoms with Crippen molar-refractivity contribution in [1.82, 2.24) is 15.7 Å². The molecule has 1 aliphatic heterocycles. The first-order valence-electron chi connectivity index (χ1n) is 10.1. The van der Waals surface area contributed by atoms with Gasteiger partial charge in [-0.15, -0.1) is 10.2 Å². The summed E-state index contributed by atoms with van der Waals surface area (Å²) in [6.07, 6.45) is -3.69. The van der Waals surface area contributed by atoms with E-state index in [1.54, 1.807) is 6.07 Å². The molecule has 0 spiro atoms. The summed E-state index contributed by atoms with van der Waals surface area (Å²) < 4.78 is 38.6.